The van der Waals surface area contributed by atoms with Crippen LogP contribution < -0.4 is 5.32 Å². The molecule has 8 heteroatoms. The van der Waals surface area contributed by atoms with Crippen molar-refractivity contribution in [3.63, 3.8) is 0 Å². The second-order valence-corrected chi connectivity index (χ2v) is 7.52. The van der Waals surface area contributed by atoms with Crippen LogP contribution in [0.2, 0.25) is 0 Å². The largest absolute Gasteiger partial charge is 0.508 e. The van der Waals surface area contributed by atoms with Gasteiger partial charge in [0.15, 0.2) is 0 Å². The summed E-state index contributed by atoms with van der Waals surface area (Å²) in [7, 11) is 0. The van der Waals surface area contributed by atoms with Crippen LogP contribution in [0.15, 0.2) is 48.8 Å². The van der Waals surface area contributed by atoms with Gasteiger partial charge in [0.05, 0.1) is 11.5 Å². The molecule has 29 heavy (non-hydrogen) atoms. The molecule has 1 aromatic carbocycles. The van der Waals surface area contributed by atoms with Crippen molar-refractivity contribution < 1.29 is 28.2 Å². The standard InChI is InChI=1S/C21H23F3N2O3/c22-21(23,24)20(7-8-20)18(15-5-9-25-10-6-15)12-19(29)26-13-17(28)11-14-1-3-16(27)4-2-14/h1-6,9-10,17-18,27-28H,7-8,11-13H2,(H,26,29). The maximum Gasteiger partial charge on any atom is 0.395 e. The summed E-state index contributed by atoms with van der Waals surface area (Å²) < 4.78 is 41.0. The van der Waals surface area contributed by atoms with E-state index in [-0.39, 0.29) is 38.0 Å². The van der Waals surface area contributed by atoms with Crippen LogP contribution in [-0.4, -0.2) is 39.9 Å². The minimum absolute atomic E-state index is 0.000245. The second kappa shape index (κ2) is 8.41. The van der Waals surface area contributed by atoms with Gasteiger partial charge in [-0.1, -0.05) is 12.1 Å². The zero-order chi connectivity index (χ0) is 21.1. The number of nitrogens with one attached hydrogen (secondary N) is 1. The van der Waals surface area contributed by atoms with Crippen molar-refractivity contribution in [3.8, 4) is 5.75 Å². The Kier molecular flexibility index (Phi) is 6.12. The highest BCUT2D eigenvalue weighted by molar-refractivity contribution is 5.77. The molecule has 2 atom stereocenters. The topological polar surface area (TPSA) is 82.5 Å². The van der Waals surface area contributed by atoms with Crippen molar-refractivity contribution in [2.75, 3.05) is 6.54 Å². The van der Waals surface area contributed by atoms with E-state index in [1.165, 1.54) is 36.7 Å². The number of phenols is 1. The van der Waals surface area contributed by atoms with E-state index in [0.717, 1.165) is 5.56 Å². The molecule has 1 fully saturated rings. The van der Waals surface area contributed by atoms with Gasteiger partial charge in [-0.25, -0.2) is 0 Å². The molecule has 1 aromatic heterocycles. The molecule has 1 heterocycles. The molecular formula is C21H23F3N2O3. The van der Waals surface area contributed by atoms with E-state index in [4.69, 9.17) is 0 Å². The lowest BCUT2D eigenvalue weighted by molar-refractivity contribution is -0.194. The van der Waals surface area contributed by atoms with Crippen LogP contribution in [0.4, 0.5) is 13.2 Å². The number of pyridine rings is 1. The van der Waals surface area contributed by atoms with Crippen LogP contribution in [0.25, 0.3) is 0 Å². The summed E-state index contributed by atoms with van der Waals surface area (Å²) in [6, 6.07) is 9.32. The number of nitrogens with zero attached hydrogens (tertiary/aromatic N) is 1. The van der Waals surface area contributed by atoms with Crippen LogP contribution in [0.1, 0.15) is 36.3 Å². The van der Waals surface area contributed by atoms with Crippen LogP contribution >= 0.6 is 0 Å². The highest BCUT2D eigenvalue weighted by atomic mass is 19.4. The van der Waals surface area contributed by atoms with Gasteiger partial charge in [0.2, 0.25) is 5.91 Å². The summed E-state index contributed by atoms with van der Waals surface area (Å²) in [5, 5.41) is 21.9. The molecule has 3 N–H and O–H groups in total. The number of carbonyl (C=O) groups is 1. The average molecular weight is 408 g/mol. The Hall–Kier alpha value is -2.61. The number of rotatable bonds is 8. The minimum atomic E-state index is -4.39. The molecule has 1 aliphatic carbocycles. The molecule has 1 amide bonds. The van der Waals surface area contributed by atoms with Crippen LogP contribution in [0.5, 0.6) is 5.75 Å². The van der Waals surface area contributed by atoms with Gasteiger partial charge < -0.3 is 15.5 Å². The van der Waals surface area contributed by atoms with E-state index >= 15 is 0 Å². The van der Waals surface area contributed by atoms with Gasteiger partial charge in [-0.2, -0.15) is 13.2 Å². The van der Waals surface area contributed by atoms with Gasteiger partial charge in [0, 0.05) is 37.7 Å². The minimum Gasteiger partial charge on any atom is -0.508 e. The molecule has 1 aliphatic rings. The Morgan fingerprint density at radius 2 is 1.76 bits per heavy atom. The van der Waals surface area contributed by atoms with Crippen LogP contribution in [0, 0.1) is 5.41 Å². The van der Waals surface area contributed by atoms with Gasteiger partial charge in [-0.3, -0.25) is 9.78 Å². The van der Waals surface area contributed by atoms with E-state index in [0.29, 0.717) is 5.56 Å². The smallest absolute Gasteiger partial charge is 0.395 e. The highest BCUT2D eigenvalue weighted by Crippen LogP contribution is 2.66. The first-order valence-corrected chi connectivity index (χ1v) is 9.40. The molecule has 5 nitrogen and oxygen atoms in total. The van der Waals surface area contributed by atoms with E-state index in [1.54, 1.807) is 12.1 Å². The molecule has 2 aromatic rings. The fraction of sp³-hybridized carbons (Fsp3) is 0.429. The van der Waals surface area contributed by atoms with Gasteiger partial charge in [0.1, 0.15) is 5.75 Å². The van der Waals surface area contributed by atoms with Crippen molar-refractivity contribution in [1.82, 2.24) is 10.3 Å². The quantitative estimate of drug-likeness (QED) is 0.626. The van der Waals surface area contributed by atoms with Gasteiger partial charge in [-0.05, 0) is 48.2 Å². The molecule has 0 saturated heterocycles. The summed E-state index contributed by atoms with van der Waals surface area (Å²) >= 11 is 0. The fourth-order valence-electron chi connectivity index (χ4n) is 3.66. The Morgan fingerprint density at radius 1 is 1.14 bits per heavy atom. The first-order valence-electron chi connectivity index (χ1n) is 9.40. The lowest BCUT2D eigenvalue weighted by Crippen LogP contribution is -2.37. The predicted molar refractivity (Wildman–Crippen MR) is 100 cm³/mol. The van der Waals surface area contributed by atoms with E-state index in [9.17, 15) is 28.2 Å². The molecule has 0 radical (unpaired) electrons. The number of alkyl halides is 3. The number of halogens is 3. The number of benzene rings is 1. The fourth-order valence-corrected chi connectivity index (χ4v) is 3.66. The third-order valence-electron chi connectivity index (χ3n) is 5.46. The van der Waals surface area contributed by atoms with Crippen molar-refractivity contribution in [2.45, 2.75) is 43.9 Å². The summed E-state index contributed by atoms with van der Waals surface area (Å²) in [5.74, 6) is -1.41. The Balaban J connectivity index is 1.61. The Bertz CT molecular complexity index is 821. The van der Waals surface area contributed by atoms with Crippen molar-refractivity contribution in [1.29, 1.82) is 0 Å². The summed E-state index contributed by atoms with van der Waals surface area (Å²) in [6.07, 6.45) is -2.49. The normalized spacial score (nSPS) is 17.4. The molecule has 0 aliphatic heterocycles. The Labute approximate surface area is 166 Å². The third kappa shape index (κ3) is 5.06. The number of aliphatic hydroxyl groups is 1. The zero-order valence-electron chi connectivity index (χ0n) is 15.7. The second-order valence-electron chi connectivity index (χ2n) is 7.52. The first-order chi connectivity index (χ1) is 13.7. The molecule has 1 saturated carbocycles. The predicted octanol–water partition coefficient (Wildman–Crippen LogP) is 3.32. The van der Waals surface area contributed by atoms with E-state index in [1.807, 2.05) is 0 Å². The van der Waals surface area contributed by atoms with Crippen LogP contribution in [-0.2, 0) is 11.2 Å². The number of aromatic hydroxyl groups is 1. The molecule has 0 bridgehead atoms. The number of hydrogen-bond acceptors (Lipinski definition) is 4. The molecule has 3 rings (SSSR count). The zero-order valence-corrected chi connectivity index (χ0v) is 15.7. The maximum atomic E-state index is 13.7. The SMILES string of the molecule is O=C(CC(c1ccncc1)C1(C(F)(F)F)CC1)NCC(O)Cc1ccc(O)cc1. The lowest BCUT2D eigenvalue weighted by Gasteiger charge is -2.29. The molecular weight excluding hydrogens is 385 g/mol. The van der Waals surface area contributed by atoms with Gasteiger partial charge >= 0.3 is 6.18 Å². The van der Waals surface area contributed by atoms with Crippen molar-refractivity contribution >= 4 is 5.91 Å². The highest BCUT2D eigenvalue weighted by Gasteiger charge is 2.67. The van der Waals surface area contributed by atoms with E-state index < -0.39 is 29.5 Å². The average Bonchev–Trinajstić information content (AvgIpc) is 3.49. The number of hydrogen-bond donors (Lipinski definition) is 3. The van der Waals surface area contributed by atoms with Gasteiger partial charge in [-0.15, -0.1) is 0 Å². The number of phenolic OH excluding ortho intramolecular Hbond substituents is 1. The summed E-state index contributed by atoms with van der Waals surface area (Å²) in [4.78, 5) is 16.2. The summed E-state index contributed by atoms with van der Waals surface area (Å²) in [6.45, 7) is -0.0677. The number of amides is 1. The molecule has 2 unspecified atom stereocenters. The maximum absolute atomic E-state index is 13.7. The molecule has 0 spiro atoms. The third-order valence-corrected chi connectivity index (χ3v) is 5.46. The number of carbonyl (C=O) groups excluding carboxylic acids is 1. The summed E-state index contributed by atoms with van der Waals surface area (Å²) in [5.41, 5.74) is -0.668. The monoisotopic (exact) mass is 408 g/mol. The number of aliphatic hydroxyl groups excluding tert-OH is 1. The van der Waals surface area contributed by atoms with Gasteiger partial charge in [0.25, 0.3) is 0 Å². The number of aromatic nitrogens is 1. The van der Waals surface area contributed by atoms with Crippen molar-refractivity contribution in [2.24, 2.45) is 5.41 Å². The van der Waals surface area contributed by atoms with E-state index in [2.05, 4.69) is 10.3 Å². The Morgan fingerprint density at radius 3 is 2.31 bits per heavy atom. The first kappa shape index (κ1) is 21.1. The lowest BCUT2D eigenvalue weighted by atomic mass is 9.80. The van der Waals surface area contributed by atoms with Crippen molar-refractivity contribution in [3.05, 3.63) is 59.9 Å². The van der Waals surface area contributed by atoms with Crippen LogP contribution in [0.3, 0.4) is 0 Å². The molecule has 156 valence electrons.